The van der Waals surface area contributed by atoms with E-state index in [0.717, 1.165) is 19.3 Å². The predicted molar refractivity (Wildman–Crippen MR) is 105 cm³/mol. The maximum Gasteiger partial charge on any atom is 0.404 e. The molecule has 0 rings (SSSR count). The molecule has 0 aromatic carbocycles. The first-order chi connectivity index (χ1) is 11.8. The Balaban J connectivity index is 3.14. The van der Waals surface area contributed by atoms with Crippen molar-refractivity contribution >= 4 is 6.09 Å². The highest BCUT2D eigenvalue weighted by molar-refractivity contribution is 5.64. The summed E-state index contributed by atoms with van der Waals surface area (Å²) in [5.41, 5.74) is 0. The molecule has 3 nitrogen and oxygen atoms in total. The lowest BCUT2D eigenvalue weighted by atomic mass is 10.1. The molecule has 0 aliphatic carbocycles. The lowest BCUT2D eigenvalue weighted by molar-refractivity contribution is 0.194. The zero-order valence-corrected chi connectivity index (χ0v) is 15.8. The maximum absolute atomic E-state index is 10.3. The first-order valence-corrected chi connectivity index (χ1v) is 10.0. The molecule has 24 heavy (non-hydrogen) atoms. The fourth-order valence-corrected chi connectivity index (χ4v) is 2.66. The average Bonchev–Trinajstić information content (AvgIpc) is 2.56. The smallest absolute Gasteiger partial charge is 0.404 e. The number of nitrogens with one attached hydrogen (secondary N) is 1. The van der Waals surface area contributed by atoms with Gasteiger partial charge in [-0.05, 0) is 38.5 Å². The molecule has 0 unspecified atom stereocenters. The van der Waals surface area contributed by atoms with Crippen LogP contribution in [0.25, 0.3) is 0 Å². The summed E-state index contributed by atoms with van der Waals surface area (Å²) in [5.74, 6) is 0. The van der Waals surface area contributed by atoms with Crippen molar-refractivity contribution < 1.29 is 9.90 Å². The molecule has 3 heteroatoms. The summed E-state index contributed by atoms with van der Waals surface area (Å²) in [4.78, 5) is 10.3. The number of carboxylic acid groups (broad SMARTS) is 1. The number of hydrogen-bond acceptors (Lipinski definition) is 1. The number of amides is 1. The third-order valence-electron chi connectivity index (χ3n) is 4.15. The van der Waals surface area contributed by atoms with Crippen molar-refractivity contribution in [2.75, 3.05) is 6.54 Å². The van der Waals surface area contributed by atoms with E-state index in [-0.39, 0.29) is 0 Å². The monoisotopic (exact) mass is 337 g/mol. The highest BCUT2D eigenvalue weighted by Gasteiger charge is 1.94. The molecule has 0 saturated carbocycles. The van der Waals surface area contributed by atoms with E-state index in [1.165, 1.54) is 70.6 Å². The molecule has 2 N–H and O–H groups in total. The SMILES string of the molecule is CCCCC/C=C\C/C=C\CCCCCCCCCCNC(=O)O. The van der Waals surface area contributed by atoms with Crippen molar-refractivity contribution in [1.29, 1.82) is 0 Å². The molecule has 0 atom stereocenters. The number of carbonyl (C=O) groups is 1. The van der Waals surface area contributed by atoms with Gasteiger partial charge in [-0.3, -0.25) is 0 Å². The van der Waals surface area contributed by atoms with Crippen molar-refractivity contribution in [3.63, 3.8) is 0 Å². The Morgan fingerprint density at radius 3 is 1.79 bits per heavy atom. The third kappa shape index (κ3) is 20.8. The van der Waals surface area contributed by atoms with E-state index < -0.39 is 6.09 Å². The highest BCUT2D eigenvalue weighted by Crippen LogP contribution is 2.10. The van der Waals surface area contributed by atoms with Crippen LogP contribution in [0.3, 0.4) is 0 Å². The van der Waals surface area contributed by atoms with Crippen LogP contribution in [-0.2, 0) is 0 Å². The largest absolute Gasteiger partial charge is 0.465 e. The zero-order chi connectivity index (χ0) is 17.7. The van der Waals surface area contributed by atoms with E-state index in [2.05, 4.69) is 36.5 Å². The van der Waals surface area contributed by atoms with Gasteiger partial charge in [0.1, 0.15) is 0 Å². The van der Waals surface area contributed by atoms with Crippen LogP contribution < -0.4 is 5.32 Å². The molecule has 0 fully saturated rings. The van der Waals surface area contributed by atoms with Crippen LogP contribution in [0.1, 0.15) is 96.8 Å². The standard InChI is InChI=1S/C21H39NO2/c1-2-3-4-5-6-7-8-9-10-11-12-13-14-15-16-17-18-19-20-22-21(23)24/h6-7,9-10,22H,2-5,8,11-20H2,1H3,(H,23,24)/b7-6-,10-9-. The molecular formula is C21H39NO2. The number of unbranched alkanes of at least 4 members (excludes halogenated alkanes) is 11. The summed E-state index contributed by atoms with van der Waals surface area (Å²) >= 11 is 0. The minimum absolute atomic E-state index is 0.593. The summed E-state index contributed by atoms with van der Waals surface area (Å²) in [7, 11) is 0. The highest BCUT2D eigenvalue weighted by atomic mass is 16.4. The Labute approximate surface area is 149 Å². The summed E-state index contributed by atoms with van der Waals surface area (Å²) in [6.45, 7) is 2.84. The first-order valence-electron chi connectivity index (χ1n) is 10.0. The van der Waals surface area contributed by atoms with E-state index >= 15 is 0 Å². The Hall–Kier alpha value is -1.25. The van der Waals surface area contributed by atoms with Crippen LogP contribution in [0.5, 0.6) is 0 Å². The van der Waals surface area contributed by atoms with Crippen molar-refractivity contribution in [3.8, 4) is 0 Å². The second-order valence-corrected chi connectivity index (χ2v) is 6.52. The molecule has 0 bridgehead atoms. The van der Waals surface area contributed by atoms with Gasteiger partial charge in [-0.25, -0.2) is 4.79 Å². The molecule has 140 valence electrons. The van der Waals surface area contributed by atoms with Crippen LogP contribution in [0, 0.1) is 0 Å². The maximum atomic E-state index is 10.3. The fourth-order valence-electron chi connectivity index (χ4n) is 2.66. The Kier molecular flexibility index (Phi) is 18.8. The first kappa shape index (κ1) is 22.8. The van der Waals surface area contributed by atoms with Crippen LogP contribution in [0.4, 0.5) is 4.79 Å². The Bertz CT molecular complexity index is 324. The number of rotatable bonds is 17. The minimum atomic E-state index is -0.910. The van der Waals surface area contributed by atoms with Crippen molar-refractivity contribution in [2.24, 2.45) is 0 Å². The molecule has 0 radical (unpaired) electrons. The second-order valence-electron chi connectivity index (χ2n) is 6.52. The van der Waals surface area contributed by atoms with Gasteiger partial charge in [0.15, 0.2) is 0 Å². The van der Waals surface area contributed by atoms with Crippen molar-refractivity contribution in [2.45, 2.75) is 96.8 Å². The Morgan fingerprint density at radius 1 is 0.750 bits per heavy atom. The summed E-state index contributed by atoms with van der Waals surface area (Å²) < 4.78 is 0. The molecule has 0 saturated heterocycles. The molecule has 0 aromatic heterocycles. The van der Waals surface area contributed by atoms with E-state index in [4.69, 9.17) is 5.11 Å². The lowest BCUT2D eigenvalue weighted by Gasteiger charge is -2.02. The minimum Gasteiger partial charge on any atom is -0.465 e. The van der Waals surface area contributed by atoms with Gasteiger partial charge < -0.3 is 10.4 Å². The average molecular weight is 338 g/mol. The predicted octanol–water partition coefficient (Wildman–Crippen LogP) is 6.85. The van der Waals surface area contributed by atoms with E-state index in [0.29, 0.717) is 6.54 Å². The van der Waals surface area contributed by atoms with Crippen LogP contribution in [0.2, 0.25) is 0 Å². The van der Waals surface area contributed by atoms with E-state index in [9.17, 15) is 4.79 Å². The van der Waals surface area contributed by atoms with Crippen molar-refractivity contribution in [1.82, 2.24) is 5.32 Å². The molecule has 0 aliphatic heterocycles. The zero-order valence-electron chi connectivity index (χ0n) is 15.8. The van der Waals surface area contributed by atoms with Gasteiger partial charge in [0.2, 0.25) is 0 Å². The molecule has 0 aliphatic rings. The van der Waals surface area contributed by atoms with Gasteiger partial charge in [-0.2, -0.15) is 0 Å². The molecule has 1 amide bonds. The van der Waals surface area contributed by atoms with Gasteiger partial charge in [-0.15, -0.1) is 0 Å². The van der Waals surface area contributed by atoms with E-state index in [1.54, 1.807) is 0 Å². The fraction of sp³-hybridized carbons (Fsp3) is 0.762. The molecule has 0 heterocycles. The van der Waals surface area contributed by atoms with Gasteiger partial charge in [0, 0.05) is 6.54 Å². The summed E-state index contributed by atoms with van der Waals surface area (Å²) in [5, 5.41) is 10.8. The van der Waals surface area contributed by atoms with Crippen LogP contribution in [-0.4, -0.2) is 17.7 Å². The number of allylic oxidation sites excluding steroid dienone is 4. The van der Waals surface area contributed by atoms with Gasteiger partial charge in [0.05, 0.1) is 0 Å². The van der Waals surface area contributed by atoms with Gasteiger partial charge in [0.25, 0.3) is 0 Å². The van der Waals surface area contributed by atoms with Crippen LogP contribution >= 0.6 is 0 Å². The van der Waals surface area contributed by atoms with Gasteiger partial charge in [-0.1, -0.05) is 82.6 Å². The van der Waals surface area contributed by atoms with Crippen molar-refractivity contribution in [3.05, 3.63) is 24.3 Å². The third-order valence-corrected chi connectivity index (χ3v) is 4.15. The molecular weight excluding hydrogens is 298 g/mol. The lowest BCUT2D eigenvalue weighted by Crippen LogP contribution is -2.21. The number of hydrogen-bond donors (Lipinski definition) is 2. The summed E-state index contributed by atoms with van der Waals surface area (Å²) in [6, 6.07) is 0. The van der Waals surface area contributed by atoms with E-state index in [1.807, 2.05) is 0 Å². The summed E-state index contributed by atoms with van der Waals surface area (Å²) in [6.07, 6.45) is 25.7. The van der Waals surface area contributed by atoms with Gasteiger partial charge >= 0.3 is 6.09 Å². The molecule has 0 spiro atoms. The quantitative estimate of drug-likeness (QED) is 0.225. The van der Waals surface area contributed by atoms with Crippen LogP contribution in [0.15, 0.2) is 24.3 Å². The topological polar surface area (TPSA) is 49.3 Å². The Morgan fingerprint density at radius 2 is 1.25 bits per heavy atom. The normalized spacial score (nSPS) is 11.5. The molecule has 0 aromatic rings. The second kappa shape index (κ2) is 19.8.